The van der Waals surface area contributed by atoms with Crippen LogP contribution in [0.3, 0.4) is 0 Å². The van der Waals surface area contributed by atoms with E-state index in [0.29, 0.717) is 13.1 Å². The molecule has 1 N–H and O–H groups in total. The minimum absolute atomic E-state index is 0.0409. The van der Waals surface area contributed by atoms with Crippen molar-refractivity contribution < 1.29 is 14.6 Å². The molecule has 2 aliphatic rings. The van der Waals surface area contributed by atoms with E-state index < -0.39 is 11.1 Å². The highest BCUT2D eigenvalue weighted by atomic mass is 16.7. The Hall–Kier alpha value is -1.86. The SMILES string of the molecule is O=C(OC1CCCCC1)N1CCN/C1=N\[N+](=O)[O-]. The van der Waals surface area contributed by atoms with Gasteiger partial charge in [-0.1, -0.05) is 6.42 Å². The molecule has 0 spiro atoms. The normalized spacial score (nSPS) is 22.9. The predicted molar refractivity (Wildman–Crippen MR) is 62.5 cm³/mol. The number of hydrazone groups is 1. The van der Waals surface area contributed by atoms with Gasteiger partial charge in [-0.25, -0.2) is 19.8 Å². The predicted octanol–water partition coefficient (Wildman–Crippen LogP) is 0.909. The fourth-order valence-corrected chi connectivity index (χ4v) is 2.21. The first-order valence-electron chi connectivity index (χ1n) is 6.12. The Balaban J connectivity index is 1.93. The molecule has 1 amide bonds. The third-order valence-electron chi connectivity index (χ3n) is 3.09. The fraction of sp³-hybridized carbons (Fsp3) is 0.800. The number of nitrogens with one attached hydrogen (secondary N) is 1. The Morgan fingerprint density at radius 2 is 2.17 bits per heavy atom. The molecule has 0 atom stereocenters. The van der Waals surface area contributed by atoms with Crippen LogP contribution in [0, 0.1) is 10.1 Å². The zero-order chi connectivity index (χ0) is 13.0. The van der Waals surface area contributed by atoms with Crippen molar-refractivity contribution in [2.75, 3.05) is 13.1 Å². The zero-order valence-corrected chi connectivity index (χ0v) is 10.0. The lowest BCUT2D eigenvalue weighted by Gasteiger charge is -2.24. The van der Waals surface area contributed by atoms with Gasteiger partial charge in [-0.05, 0) is 25.7 Å². The van der Waals surface area contributed by atoms with Gasteiger partial charge in [0.15, 0.2) is 5.03 Å². The van der Waals surface area contributed by atoms with Crippen molar-refractivity contribution >= 4 is 12.1 Å². The summed E-state index contributed by atoms with van der Waals surface area (Å²) in [5.74, 6) is -0.0409. The summed E-state index contributed by atoms with van der Waals surface area (Å²) in [7, 11) is 0. The van der Waals surface area contributed by atoms with Gasteiger partial charge in [0.25, 0.3) is 5.96 Å². The monoisotopic (exact) mass is 256 g/mol. The highest BCUT2D eigenvalue weighted by Crippen LogP contribution is 2.21. The van der Waals surface area contributed by atoms with Gasteiger partial charge in [-0.2, -0.15) is 0 Å². The number of rotatable bonds is 2. The highest BCUT2D eigenvalue weighted by Gasteiger charge is 2.30. The first-order valence-corrected chi connectivity index (χ1v) is 6.12. The lowest BCUT2D eigenvalue weighted by atomic mass is 9.98. The van der Waals surface area contributed by atoms with E-state index in [4.69, 9.17) is 4.74 Å². The van der Waals surface area contributed by atoms with Crippen molar-refractivity contribution in [3.05, 3.63) is 10.1 Å². The van der Waals surface area contributed by atoms with Crippen LogP contribution in [-0.4, -0.2) is 41.2 Å². The van der Waals surface area contributed by atoms with Crippen molar-refractivity contribution in [1.82, 2.24) is 10.2 Å². The van der Waals surface area contributed by atoms with Crippen LogP contribution in [0.4, 0.5) is 4.79 Å². The Morgan fingerprint density at radius 3 is 2.83 bits per heavy atom. The van der Waals surface area contributed by atoms with Gasteiger partial charge in [-0.3, -0.25) is 0 Å². The molecule has 1 saturated heterocycles. The number of amides is 1. The van der Waals surface area contributed by atoms with Gasteiger partial charge in [0.05, 0.1) is 0 Å². The maximum Gasteiger partial charge on any atom is 0.417 e. The molecule has 0 aromatic carbocycles. The van der Waals surface area contributed by atoms with Crippen molar-refractivity contribution in [2.24, 2.45) is 5.10 Å². The number of carbonyl (C=O) groups excluding carboxylic acids is 1. The largest absolute Gasteiger partial charge is 0.446 e. The number of guanidine groups is 1. The molecule has 8 nitrogen and oxygen atoms in total. The van der Waals surface area contributed by atoms with Crippen LogP contribution >= 0.6 is 0 Å². The molecular weight excluding hydrogens is 240 g/mol. The number of nitrogens with zero attached hydrogens (tertiary/aromatic N) is 3. The van der Waals surface area contributed by atoms with Gasteiger partial charge >= 0.3 is 6.09 Å². The lowest BCUT2D eigenvalue weighted by molar-refractivity contribution is -0.485. The minimum Gasteiger partial charge on any atom is -0.446 e. The minimum atomic E-state index is -0.825. The maximum absolute atomic E-state index is 11.9. The molecular formula is C10H16N4O4. The third kappa shape index (κ3) is 3.08. The maximum atomic E-state index is 11.9. The third-order valence-corrected chi connectivity index (χ3v) is 3.09. The van der Waals surface area contributed by atoms with E-state index >= 15 is 0 Å². The Labute approximate surface area is 104 Å². The summed E-state index contributed by atoms with van der Waals surface area (Å²) in [5.41, 5.74) is 0. The molecule has 100 valence electrons. The van der Waals surface area contributed by atoms with E-state index in [2.05, 4.69) is 10.4 Å². The second-order valence-electron chi connectivity index (χ2n) is 4.38. The smallest absolute Gasteiger partial charge is 0.417 e. The molecule has 1 heterocycles. The second kappa shape index (κ2) is 5.65. The van der Waals surface area contributed by atoms with Crippen LogP contribution in [0.25, 0.3) is 0 Å². The summed E-state index contributed by atoms with van der Waals surface area (Å²) in [6, 6.07) is 0. The van der Waals surface area contributed by atoms with Crippen LogP contribution in [0.1, 0.15) is 32.1 Å². The molecule has 0 radical (unpaired) electrons. The summed E-state index contributed by atoms with van der Waals surface area (Å²) in [5, 5.41) is 15.3. The van der Waals surface area contributed by atoms with E-state index in [0.717, 1.165) is 25.7 Å². The molecule has 1 aliphatic carbocycles. The topological polar surface area (TPSA) is 97.1 Å². The molecule has 1 saturated carbocycles. The van der Waals surface area contributed by atoms with Crippen molar-refractivity contribution in [3.63, 3.8) is 0 Å². The number of carbonyl (C=O) groups is 1. The summed E-state index contributed by atoms with van der Waals surface area (Å²) in [6.07, 6.45) is 4.42. The van der Waals surface area contributed by atoms with E-state index in [1.54, 1.807) is 0 Å². The van der Waals surface area contributed by atoms with Crippen LogP contribution < -0.4 is 5.32 Å². The number of nitro groups is 1. The summed E-state index contributed by atoms with van der Waals surface area (Å²) >= 11 is 0. The highest BCUT2D eigenvalue weighted by molar-refractivity contribution is 5.95. The van der Waals surface area contributed by atoms with E-state index in [9.17, 15) is 14.9 Å². The fourth-order valence-electron chi connectivity index (χ4n) is 2.21. The van der Waals surface area contributed by atoms with Gasteiger partial charge in [-0.15, -0.1) is 0 Å². The number of hydrogen-bond donors (Lipinski definition) is 1. The van der Waals surface area contributed by atoms with Gasteiger partial charge < -0.3 is 10.1 Å². The lowest BCUT2D eigenvalue weighted by Crippen LogP contribution is -2.38. The van der Waals surface area contributed by atoms with E-state index in [1.165, 1.54) is 11.3 Å². The molecule has 2 fully saturated rings. The molecule has 8 heteroatoms. The number of ether oxygens (including phenoxy) is 1. The first kappa shape index (κ1) is 12.6. The standard InChI is InChI=1S/C10H16N4O4/c15-10(18-8-4-2-1-3-5-8)13-7-6-11-9(13)12-14(16)17/h8H,1-7H2,(H,11,12). The van der Waals surface area contributed by atoms with Gasteiger partial charge in [0, 0.05) is 13.1 Å². The Bertz CT molecular complexity index is 365. The average Bonchev–Trinajstić information content (AvgIpc) is 2.77. The van der Waals surface area contributed by atoms with Crippen molar-refractivity contribution in [2.45, 2.75) is 38.2 Å². The second-order valence-corrected chi connectivity index (χ2v) is 4.38. The van der Waals surface area contributed by atoms with Crippen LogP contribution in [0.15, 0.2) is 5.10 Å². The van der Waals surface area contributed by atoms with Gasteiger partial charge in [0.2, 0.25) is 0 Å². The molecule has 0 unspecified atom stereocenters. The molecule has 0 aromatic rings. The van der Waals surface area contributed by atoms with Crippen molar-refractivity contribution in [1.29, 1.82) is 0 Å². The first-order chi connectivity index (χ1) is 8.66. The molecule has 1 aliphatic heterocycles. The summed E-state index contributed by atoms with van der Waals surface area (Å²) < 4.78 is 5.33. The van der Waals surface area contributed by atoms with Crippen molar-refractivity contribution in [3.8, 4) is 0 Å². The summed E-state index contributed by atoms with van der Waals surface area (Å²) in [6.45, 7) is 0.796. The zero-order valence-electron chi connectivity index (χ0n) is 10.0. The van der Waals surface area contributed by atoms with E-state index in [1.807, 2.05) is 0 Å². The molecule has 0 aromatic heterocycles. The van der Waals surface area contributed by atoms with E-state index in [-0.39, 0.29) is 12.1 Å². The Morgan fingerprint density at radius 1 is 1.44 bits per heavy atom. The van der Waals surface area contributed by atoms with Crippen LogP contribution in [0.5, 0.6) is 0 Å². The molecule has 2 rings (SSSR count). The number of hydrogen-bond acceptors (Lipinski definition) is 4. The van der Waals surface area contributed by atoms with Crippen LogP contribution in [0.2, 0.25) is 0 Å². The summed E-state index contributed by atoms with van der Waals surface area (Å²) in [4.78, 5) is 23.4. The molecule has 0 bridgehead atoms. The van der Waals surface area contributed by atoms with Gasteiger partial charge in [0.1, 0.15) is 11.2 Å². The average molecular weight is 256 g/mol. The van der Waals surface area contributed by atoms with Crippen LogP contribution in [-0.2, 0) is 4.74 Å². The molecule has 18 heavy (non-hydrogen) atoms. The quantitative estimate of drug-likeness (QED) is 0.585. The Kier molecular flexibility index (Phi) is 3.96.